The molecule has 0 saturated heterocycles. The Morgan fingerprint density at radius 2 is 2.50 bits per heavy atom. The van der Waals surface area contributed by atoms with E-state index in [0.717, 1.165) is 5.75 Å². The average molecular weight is 212 g/mol. The van der Waals surface area contributed by atoms with E-state index in [4.69, 9.17) is 15.9 Å². The van der Waals surface area contributed by atoms with Crippen LogP contribution in [-0.2, 0) is 4.74 Å². The van der Waals surface area contributed by atoms with Crippen molar-refractivity contribution in [2.75, 3.05) is 19.5 Å². The fraction of sp³-hybridized carbons (Fsp3) is 0.375. The zero-order chi connectivity index (χ0) is 10.4. The fourth-order valence-electron chi connectivity index (χ4n) is 0.852. The monoisotopic (exact) mass is 212 g/mol. The number of aromatic nitrogens is 2. The molecule has 0 saturated carbocycles. The van der Waals surface area contributed by atoms with E-state index in [1.54, 1.807) is 13.2 Å². The molecular formula is C8H12N4OS. The number of thioether (sulfide) groups is 1. The van der Waals surface area contributed by atoms with Gasteiger partial charge in [0.15, 0.2) is 0 Å². The molecule has 0 aliphatic heterocycles. The highest BCUT2D eigenvalue weighted by atomic mass is 32.2. The van der Waals surface area contributed by atoms with Crippen molar-refractivity contribution >= 4 is 17.6 Å². The summed E-state index contributed by atoms with van der Waals surface area (Å²) in [6.07, 6.45) is 1.52. The van der Waals surface area contributed by atoms with Gasteiger partial charge in [0.1, 0.15) is 10.9 Å². The molecule has 1 aromatic rings. The number of methoxy groups -OCH3 is 1. The largest absolute Gasteiger partial charge is 0.384 e. The van der Waals surface area contributed by atoms with Crippen LogP contribution in [0.4, 0.5) is 0 Å². The molecule has 1 heterocycles. The van der Waals surface area contributed by atoms with E-state index in [9.17, 15) is 0 Å². The van der Waals surface area contributed by atoms with Crippen molar-refractivity contribution in [2.24, 2.45) is 5.73 Å². The minimum atomic E-state index is 0.0137. The van der Waals surface area contributed by atoms with Crippen LogP contribution in [0.5, 0.6) is 0 Å². The van der Waals surface area contributed by atoms with Gasteiger partial charge < -0.3 is 10.5 Å². The molecule has 1 aromatic heterocycles. The lowest BCUT2D eigenvalue weighted by atomic mass is 10.3. The van der Waals surface area contributed by atoms with Crippen molar-refractivity contribution in [3.8, 4) is 0 Å². The number of nitrogen functional groups attached to an aromatic ring is 1. The first-order valence-corrected chi connectivity index (χ1v) is 5.02. The van der Waals surface area contributed by atoms with Crippen LogP contribution in [0.15, 0.2) is 17.3 Å². The van der Waals surface area contributed by atoms with E-state index in [1.165, 1.54) is 18.0 Å². The molecule has 0 bridgehead atoms. The molecule has 5 nitrogen and oxygen atoms in total. The molecule has 0 fully saturated rings. The maximum Gasteiger partial charge on any atom is 0.130 e. The van der Waals surface area contributed by atoms with Crippen molar-refractivity contribution in [1.29, 1.82) is 5.41 Å². The highest BCUT2D eigenvalue weighted by Crippen LogP contribution is 2.18. The number of amidine groups is 1. The number of nitrogens with zero attached hydrogens (tertiary/aromatic N) is 2. The van der Waals surface area contributed by atoms with E-state index >= 15 is 0 Å². The highest BCUT2D eigenvalue weighted by Gasteiger charge is 2.06. The number of nitrogens with two attached hydrogens (primary N) is 1. The normalized spacial score (nSPS) is 10.1. The Morgan fingerprint density at radius 1 is 1.71 bits per heavy atom. The standard InChI is InChI=1S/C8H12N4OS/c1-13-4-5-14-8-6(7(9)10)2-3-11-12-8/h2-3H,4-5H2,1H3,(H3,9,10). The van der Waals surface area contributed by atoms with Crippen LogP contribution in [0.25, 0.3) is 0 Å². The number of rotatable bonds is 5. The lowest BCUT2D eigenvalue weighted by Crippen LogP contribution is -2.13. The number of nitrogens with one attached hydrogen (secondary N) is 1. The second kappa shape index (κ2) is 5.56. The number of hydrogen-bond acceptors (Lipinski definition) is 5. The second-order valence-electron chi connectivity index (χ2n) is 2.50. The topological polar surface area (TPSA) is 84.9 Å². The molecule has 0 atom stereocenters. The molecule has 0 radical (unpaired) electrons. The van der Waals surface area contributed by atoms with Gasteiger partial charge in [0.05, 0.1) is 18.4 Å². The maximum atomic E-state index is 7.32. The summed E-state index contributed by atoms with van der Waals surface area (Å²) < 4.78 is 4.91. The molecule has 76 valence electrons. The van der Waals surface area contributed by atoms with Crippen LogP contribution < -0.4 is 5.73 Å². The first-order chi connectivity index (χ1) is 6.75. The maximum absolute atomic E-state index is 7.32. The molecule has 0 spiro atoms. The molecule has 0 unspecified atom stereocenters. The Kier molecular flexibility index (Phi) is 4.34. The van der Waals surface area contributed by atoms with Crippen LogP contribution in [0, 0.1) is 5.41 Å². The van der Waals surface area contributed by atoms with Gasteiger partial charge in [0.2, 0.25) is 0 Å². The van der Waals surface area contributed by atoms with E-state index < -0.39 is 0 Å². The smallest absolute Gasteiger partial charge is 0.130 e. The molecule has 14 heavy (non-hydrogen) atoms. The van der Waals surface area contributed by atoms with Crippen LogP contribution >= 0.6 is 11.8 Å². The minimum absolute atomic E-state index is 0.0137. The third-order valence-electron chi connectivity index (χ3n) is 1.50. The van der Waals surface area contributed by atoms with Crippen LogP contribution in [0.2, 0.25) is 0 Å². The van der Waals surface area contributed by atoms with Crippen molar-refractivity contribution in [2.45, 2.75) is 5.03 Å². The first kappa shape index (κ1) is 10.9. The Labute approximate surface area is 86.6 Å². The lowest BCUT2D eigenvalue weighted by Gasteiger charge is -2.04. The fourth-order valence-corrected chi connectivity index (χ4v) is 1.73. The zero-order valence-corrected chi connectivity index (χ0v) is 8.67. The number of hydrogen-bond donors (Lipinski definition) is 2. The Morgan fingerprint density at radius 3 is 3.14 bits per heavy atom. The second-order valence-corrected chi connectivity index (χ2v) is 3.59. The lowest BCUT2D eigenvalue weighted by molar-refractivity contribution is 0.218. The summed E-state index contributed by atoms with van der Waals surface area (Å²) >= 11 is 1.48. The summed E-state index contributed by atoms with van der Waals surface area (Å²) in [5.74, 6) is 0.787. The van der Waals surface area contributed by atoms with Crippen molar-refractivity contribution in [1.82, 2.24) is 10.2 Å². The molecule has 3 N–H and O–H groups in total. The van der Waals surface area contributed by atoms with Gasteiger partial charge in [-0.2, -0.15) is 5.10 Å². The van der Waals surface area contributed by atoms with Gasteiger partial charge in [-0.3, -0.25) is 5.41 Å². The predicted octanol–water partition coefficient (Wildman–Crippen LogP) is 0.499. The summed E-state index contributed by atoms with van der Waals surface area (Å²) in [4.78, 5) is 0. The van der Waals surface area contributed by atoms with Gasteiger partial charge >= 0.3 is 0 Å². The highest BCUT2D eigenvalue weighted by molar-refractivity contribution is 7.99. The SMILES string of the molecule is COCCSc1nnccc1C(=N)N. The predicted molar refractivity (Wildman–Crippen MR) is 55.6 cm³/mol. The molecule has 1 rings (SSSR count). The molecule has 0 aromatic carbocycles. The van der Waals surface area contributed by atoms with Gasteiger partial charge in [0.25, 0.3) is 0 Å². The molecule has 6 heteroatoms. The summed E-state index contributed by atoms with van der Waals surface area (Å²) in [7, 11) is 1.64. The average Bonchev–Trinajstić information content (AvgIpc) is 2.19. The summed E-state index contributed by atoms with van der Waals surface area (Å²) in [5.41, 5.74) is 6.02. The molecule has 0 aliphatic carbocycles. The van der Waals surface area contributed by atoms with Crippen LogP contribution in [0.1, 0.15) is 5.56 Å². The van der Waals surface area contributed by atoms with E-state index in [0.29, 0.717) is 17.2 Å². The first-order valence-electron chi connectivity index (χ1n) is 4.03. The summed E-state index contributed by atoms with van der Waals surface area (Å²) in [6.45, 7) is 0.637. The molecular weight excluding hydrogens is 200 g/mol. The van der Waals surface area contributed by atoms with Crippen molar-refractivity contribution in [3.63, 3.8) is 0 Å². The van der Waals surface area contributed by atoms with Gasteiger partial charge in [-0.1, -0.05) is 0 Å². The van der Waals surface area contributed by atoms with E-state index in [-0.39, 0.29) is 5.84 Å². The Hall–Kier alpha value is -1.14. The third-order valence-corrected chi connectivity index (χ3v) is 2.45. The molecule has 0 aliphatic rings. The van der Waals surface area contributed by atoms with Crippen molar-refractivity contribution < 1.29 is 4.74 Å². The Balaban J connectivity index is 2.69. The number of ether oxygens (including phenoxy) is 1. The van der Waals surface area contributed by atoms with Crippen LogP contribution in [-0.4, -0.2) is 35.5 Å². The van der Waals surface area contributed by atoms with Crippen LogP contribution in [0.3, 0.4) is 0 Å². The van der Waals surface area contributed by atoms with E-state index in [2.05, 4.69) is 10.2 Å². The Bertz CT molecular complexity index is 318. The minimum Gasteiger partial charge on any atom is -0.384 e. The van der Waals surface area contributed by atoms with E-state index in [1.807, 2.05) is 0 Å². The van der Waals surface area contributed by atoms with Gasteiger partial charge in [-0.15, -0.1) is 16.9 Å². The third kappa shape index (κ3) is 2.97. The zero-order valence-electron chi connectivity index (χ0n) is 7.86. The van der Waals surface area contributed by atoms with Gasteiger partial charge in [-0.25, -0.2) is 0 Å². The quantitative estimate of drug-likeness (QED) is 0.321. The van der Waals surface area contributed by atoms with Gasteiger partial charge in [-0.05, 0) is 6.07 Å². The summed E-state index contributed by atoms with van der Waals surface area (Å²) in [5, 5.41) is 15.7. The molecule has 0 amide bonds. The van der Waals surface area contributed by atoms with Crippen molar-refractivity contribution in [3.05, 3.63) is 17.8 Å². The summed E-state index contributed by atoms with van der Waals surface area (Å²) in [6, 6.07) is 1.68. The van der Waals surface area contributed by atoms with Gasteiger partial charge in [0, 0.05) is 12.9 Å².